The molecule has 1 atom stereocenters. The second-order valence-corrected chi connectivity index (χ2v) is 7.34. The van der Waals surface area contributed by atoms with Crippen LogP contribution in [0.1, 0.15) is 54.5 Å². The van der Waals surface area contributed by atoms with Crippen molar-refractivity contribution in [3.63, 3.8) is 0 Å². The topological polar surface area (TPSA) is 85.4 Å². The van der Waals surface area contributed by atoms with Crippen LogP contribution >= 0.6 is 0 Å². The van der Waals surface area contributed by atoms with Crippen molar-refractivity contribution in [1.82, 2.24) is 15.3 Å². The van der Waals surface area contributed by atoms with Crippen molar-refractivity contribution >= 4 is 11.7 Å². The van der Waals surface area contributed by atoms with Gasteiger partial charge in [-0.1, -0.05) is 24.8 Å². The summed E-state index contributed by atoms with van der Waals surface area (Å²) < 4.78 is 64.4. The van der Waals surface area contributed by atoms with Crippen molar-refractivity contribution in [3.05, 3.63) is 65.0 Å². The molecule has 1 aromatic carbocycles. The van der Waals surface area contributed by atoms with Gasteiger partial charge in [-0.2, -0.15) is 0 Å². The molecular formula is C22H24F4N4O3. The molecule has 0 aliphatic carbocycles. The van der Waals surface area contributed by atoms with E-state index in [-0.39, 0.29) is 35.6 Å². The number of halogens is 4. The first-order valence-electron chi connectivity index (χ1n) is 10.2. The summed E-state index contributed by atoms with van der Waals surface area (Å²) in [6.07, 6.45) is -2.84. The van der Waals surface area contributed by atoms with Crippen molar-refractivity contribution in [2.45, 2.75) is 38.5 Å². The van der Waals surface area contributed by atoms with E-state index in [1.54, 1.807) is 6.92 Å². The number of aromatic nitrogens is 2. The molecule has 0 radical (unpaired) electrons. The number of hydrogen-bond acceptors (Lipinski definition) is 6. The lowest BCUT2D eigenvalue weighted by atomic mass is 10.0. The lowest BCUT2D eigenvalue weighted by molar-refractivity contribution is -0.119. The Bertz CT molecular complexity index is 1000. The van der Waals surface area contributed by atoms with E-state index in [0.29, 0.717) is 18.8 Å². The van der Waals surface area contributed by atoms with E-state index >= 15 is 0 Å². The molecule has 1 aliphatic rings. The Morgan fingerprint density at radius 2 is 1.94 bits per heavy atom. The summed E-state index contributed by atoms with van der Waals surface area (Å²) >= 11 is 0. The summed E-state index contributed by atoms with van der Waals surface area (Å²) in [6.45, 7) is 5.13. The number of carbonyl (C=O) groups is 1. The molecule has 1 aliphatic heterocycles. The number of amides is 1. The zero-order chi connectivity index (χ0) is 24.0. The summed E-state index contributed by atoms with van der Waals surface area (Å²) in [5.41, 5.74) is 0.162. The molecule has 3 rings (SSSR count). The Morgan fingerprint density at radius 1 is 1.24 bits per heavy atom. The molecule has 0 bridgehead atoms. The van der Waals surface area contributed by atoms with Gasteiger partial charge < -0.3 is 20.1 Å². The van der Waals surface area contributed by atoms with Gasteiger partial charge in [0.05, 0.1) is 49.2 Å². The van der Waals surface area contributed by atoms with Gasteiger partial charge in [0.2, 0.25) is 5.91 Å². The summed E-state index contributed by atoms with van der Waals surface area (Å²) in [5.74, 6) is -1.28. The molecule has 2 heterocycles. The molecule has 11 heteroatoms. The van der Waals surface area contributed by atoms with E-state index in [4.69, 9.17) is 9.47 Å². The van der Waals surface area contributed by atoms with Gasteiger partial charge >= 0.3 is 0 Å². The van der Waals surface area contributed by atoms with E-state index < -0.39 is 42.7 Å². The molecule has 178 valence electrons. The number of benzene rings is 1. The van der Waals surface area contributed by atoms with Crippen LogP contribution in [0.25, 0.3) is 0 Å². The molecule has 2 N–H and O–H groups in total. The molecule has 1 aromatic heterocycles. The maximum Gasteiger partial charge on any atom is 0.266 e. The van der Waals surface area contributed by atoms with E-state index in [2.05, 4.69) is 27.2 Å². The van der Waals surface area contributed by atoms with Crippen LogP contribution in [-0.4, -0.2) is 35.8 Å². The highest BCUT2D eigenvalue weighted by Crippen LogP contribution is 2.34. The first kappa shape index (κ1) is 24.6. The number of hydrogen-bond donors (Lipinski definition) is 2. The summed E-state index contributed by atoms with van der Waals surface area (Å²) in [4.78, 5) is 20.7. The molecule has 33 heavy (non-hydrogen) atoms. The standard InChI is InChI=1S/C22H24F4N4O3/c1-12(6-7-23)29-17(31)10-16-18(22-32-8-9-33-22)21(28-11-27-16)30-13(2)14-4-3-5-15(19(14)24)20(25)26/h3-5,11,13,20,22H,1,6-10H2,2H3,(H,29,31)(H,27,28,30)/t13-/m1/s1. The number of nitrogens with one attached hydrogen (secondary N) is 2. The zero-order valence-corrected chi connectivity index (χ0v) is 17.9. The van der Waals surface area contributed by atoms with Crippen molar-refractivity contribution < 1.29 is 31.8 Å². The highest BCUT2D eigenvalue weighted by atomic mass is 19.3. The van der Waals surface area contributed by atoms with Gasteiger partial charge in [-0.15, -0.1) is 0 Å². The minimum atomic E-state index is -2.95. The molecule has 1 saturated heterocycles. The van der Waals surface area contributed by atoms with Crippen molar-refractivity contribution in [2.75, 3.05) is 25.2 Å². The number of anilines is 1. The minimum absolute atomic E-state index is 0.00914. The van der Waals surface area contributed by atoms with E-state index in [9.17, 15) is 22.4 Å². The third-order valence-corrected chi connectivity index (χ3v) is 4.98. The normalized spacial score (nSPS) is 15.0. The summed E-state index contributed by atoms with van der Waals surface area (Å²) in [6, 6.07) is 3.01. The highest BCUT2D eigenvalue weighted by molar-refractivity contribution is 5.80. The predicted molar refractivity (Wildman–Crippen MR) is 112 cm³/mol. The Morgan fingerprint density at radius 3 is 2.61 bits per heavy atom. The van der Waals surface area contributed by atoms with Gasteiger partial charge in [0, 0.05) is 17.7 Å². The average Bonchev–Trinajstić information content (AvgIpc) is 3.28. The average molecular weight is 468 g/mol. The second-order valence-electron chi connectivity index (χ2n) is 7.34. The lowest BCUT2D eigenvalue weighted by Crippen LogP contribution is -2.26. The van der Waals surface area contributed by atoms with E-state index in [1.165, 1.54) is 18.5 Å². The molecule has 7 nitrogen and oxygen atoms in total. The van der Waals surface area contributed by atoms with Gasteiger partial charge in [0.15, 0.2) is 6.29 Å². The molecular weight excluding hydrogens is 444 g/mol. The number of carbonyl (C=O) groups excluding carboxylic acids is 1. The largest absolute Gasteiger partial charge is 0.363 e. The fraction of sp³-hybridized carbons (Fsp3) is 0.409. The highest BCUT2D eigenvalue weighted by Gasteiger charge is 2.29. The van der Waals surface area contributed by atoms with Gasteiger partial charge in [0.25, 0.3) is 6.43 Å². The number of alkyl halides is 3. The SMILES string of the molecule is C=C(CCF)NC(=O)Cc1ncnc(N[C@H](C)c2cccc(C(F)F)c2F)c1C1OCCO1. The number of nitrogens with zero attached hydrogens (tertiary/aromatic N) is 2. The van der Waals surface area contributed by atoms with Crippen molar-refractivity contribution in [1.29, 1.82) is 0 Å². The van der Waals surface area contributed by atoms with Crippen LogP contribution in [0, 0.1) is 5.82 Å². The molecule has 1 amide bonds. The Hall–Kier alpha value is -3.05. The number of rotatable bonds is 10. The third kappa shape index (κ3) is 6.05. The first-order valence-corrected chi connectivity index (χ1v) is 10.2. The Kier molecular flexibility index (Phi) is 8.34. The monoisotopic (exact) mass is 468 g/mol. The predicted octanol–water partition coefficient (Wildman–Crippen LogP) is 4.30. The fourth-order valence-electron chi connectivity index (χ4n) is 3.38. The first-order chi connectivity index (χ1) is 15.8. The smallest absolute Gasteiger partial charge is 0.266 e. The van der Waals surface area contributed by atoms with Crippen molar-refractivity contribution in [3.8, 4) is 0 Å². The van der Waals surface area contributed by atoms with Crippen LogP contribution in [0.2, 0.25) is 0 Å². The lowest BCUT2D eigenvalue weighted by Gasteiger charge is -2.22. The quantitative estimate of drug-likeness (QED) is 0.506. The second kappa shape index (κ2) is 11.2. The van der Waals surface area contributed by atoms with Crippen LogP contribution in [0.15, 0.2) is 36.8 Å². The van der Waals surface area contributed by atoms with Gasteiger partial charge in [-0.3, -0.25) is 9.18 Å². The molecule has 2 aromatic rings. The number of allylic oxidation sites excluding steroid dienone is 1. The third-order valence-electron chi connectivity index (χ3n) is 4.98. The van der Waals surface area contributed by atoms with Crippen LogP contribution in [0.4, 0.5) is 23.4 Å². The maximum absolute atomic E-state index is 14.6. The molecule has 1 fully saturated rings. The number of ether oxygens (including phenoxy) is 2. The van der Waals surface area contributed by atoms with Crippen molar-refractivity contribution in [2.24, 2.45) is 0 Å². The fourth-order valence-corrected chi connectivity index (χ4v) is 3.38. The van der Waals surface area contributed by atoms with Crippen LogP contribution < -0.4 is 10.6 Å². The van der Waals surface area contributed by atoms with E-state index in [1.807, 2.05) is 0 Å². The Labute approximate surface area is 188 Å². The maximum atomic E-state index is 14.6. The molecule has 0 spiro atoms. The zero-order valence-electron chi connectivity index (χ0n) is 17.9. The van der Waals surface area contributed by atoms with Crippen LogP contribution in [0.5, 0.6) is 0 Å². The van der Waals surface area contributed by atoms with Gasteiger partial charge in [0.1, 0.15) is 18.0 Å². The van der Waals surface area contributed by atoms with Gasteiger partial charge in [-0.05, 0) is 6.92 Å². The molecule has 0 saturated carbocycles. The summed E-state index contributed by atoms with van der Waals surface area (Å²) in [7, 11) is 0. The van der Waals surface area contributed by atoms with E-state index in [0.717, 1.165) is 6.07 Å². The van der Waals surface area contributed by atoms with Gasteiger partial charge in [-0.25, -0.2) is 23.1 Å². The summed E-state index contributed by atoms with van der Waals surface area (Å²) in [5, 5.41) is 5.49. The van der Waals surface area contributed by atoms with Crippen LogP contribution in [0.3, 0.4) is 0 Å². The van der Waals surface area contributed by atoms with Crippen LogP contribution in [-0.2, 0) is 20.7 Å². The molecule has 0 unspecified atom stereocenters. The minimum Gasteiger partial charge on any atom is -0.363 e. The Balaban J connectivity index is 1.89.